The first-order chi connectivity index (χ1) is 12.7. The highest BCUT2D eigenvalue weighted by molar-refractivity contribution is 7.51. The van der Waals surface area contributed by atoms with Gasteiger partial charge < -0.3 is 14.9 Å². The highest BCUT2D eigenvalue weighted by Gasteiger charge is 2.22. The largest absolute Gasteiger partial charge is 0.480 e. The molecule has 1 heterocycles. The molecule has 0 aromatic heterocycles. The number of hydrogen-bond donors (Lipinski definition) is 4. The van der Waals surface area contributed by atoms with Crippen molar-refractivity contribution in [1.82, 2.24) is 19.6 Å². The number of carboxylic acids is 1. The Balaban J connectivity index is 2.82. The summed E-state index contributed by atoms with van der Waals surface area (Å²) in [7, 11) is -1.53. The predicted octanol–water partition coefficient (Wildman–Crippen LogP) is -1.25. The van der Waals surface area contributed by atoms with E-state index in [0.717, 1.165) is 19.4 Å². The van der Waals surface area contributed by atoms with E-state index < -0.39 is 13.6 Å². The Bertz CT molecular complexity index is 482. The van der Waals surface area contributed by atoms with Crippen molar-refractivity contribution in [3.05, 3.63) is 0 Å². The molecule has 0 saturated carbocycles. The Morgan fingerprint density at radius 1 is 0.926 bits per heavy atom. The summed E-state index contributed by atoms with van der Waals surface area (Å²) < 4.78 is 11.4. The van der Waals surface area contributed by atoms with Crippen LogP contribution in [0.5, 0.6) is 0 Å². The highest BCUT2D eigenvalue weighted by atomic mass is 31.2. The van der Waals surface area contributed by atoms with Gasteiger partial charge in [-0.15, -0.1) is 9.24 Å². The summed E-state index contributed by atoms with van der Waals surface area (Å²) in [6.07, 6.45) is 0.401. The molecule has 1 saturated heterocycles. The molecule has 1 aliphatic heterocycles. The number of carbonyl (C=O) groups is 1. The number of rotatable bonds is 8. The maximum Gasteiger partial charge on any atom is 0.339 e. The van der Waals surface area contributed by atoms with Gasteiger partial charge in [-0.2, -0.15) is 0 Å². The molecule has 0 aliphatic carbocycles. The van der Waals surface area contributed by atoms with Crippen molar-refractivity contribution >= 4 is 22.8 Å². The Morgan fingerprint density at radius 2 is 1.41 bits per heavy atom. The van der Waals surface area contributed by atoms with Crippen molar-refractivity contribution in [3.63, 3.8) is 0 Å². The molecular formula is C14H32N4O7P2. The molecule has 0 bridgehead atoms. The number of aliphatic carboxylic acids is 1. The minimum atomic E-state index is -4.19. The van der Waals surface area contributed by atoms with Gasteiger partial charge in [-0.25, -0.2) is 4.89 Å². The van der Waals surface area contributed by atoms with Crippen LogP contribution in [0.3, 0.4) is 0 Å². The number of hydrogen-bond acceptors (Lipinski definition) is 8. The maximum atomic E-state index is 11.4. The van der Waals surface area contributed by atoms with Crippen LogP contribution in [0, 0.1) is 0 Å². The van der Waals surface area contributed by atoms with Crippen LogP contribution in [0.4, 0.5) is 0 Å². The van der Waals surface area contributed by atoms with E-state index in [1.54, 1.807) is 9.80 Å². The van der Waals surface area contributed by atoms with Gasteiger partial charge >= 0.3 is 13.6 Å². The molecule has 0 amide bonds. The molecule has 0 radical (unpaired) electrons. The van der Waals surface area contributed by atoms with Crippen molar-refractivity contribution in [2.45, 2.75) is 0 Å². The van der Waals surface area contributed by atoms with E-state index >= 15 is 0 Å². The zero-order valence-corrected chi connectivity index (χ0v) is 17.6. The van der Waals surface area contributed by atoms with E-state index in [1.807, 2.05) is 0 Å². The summed E-state index contributed by atoms with van der Waals surface area (Å²) in [5, 5.41) is 17.7. The molecule has 27 heavy (non-hydrogen) atoms. The van der Waals surface area contributed by atoms with Gasteiger partial charge in [0.2, 0.25) is 0 Å². The Kier molecular flexibility index (Phi) is 12.1. The van der Waals surface area contributed by atoms with Crippen LogP contribution in [-0.2, 0) is 14.2 Å². The molecule has 1 aliphatic rings. The molecule has 160 valence electrons. The number of carboxylic acid groups (broad SMARTS) is 1. The summed E-state index contributed by atoms with van der Waals surface area (Å²) in [5.74, 6) is -0.942. The Labute approximate surface area is 162 Å². The van der Waals surface area contributed by atoms with Crippen LogP contribution in [0.25, 0.3) is 0 Å². The van der Waals surface area contributed by atoms with Gasteiger partial charge in [-0.3, -0.25) is 34.2 Å². The van der Waals surface area contributed by atoms with Gasteiger partial charge in [0.15, 0.2) is 0 Å². The molecule has 0 aromatic carbocycles. The van der Waals surface area contributed by atoms with E-state index in [0.29, 0.717) is 45.8 Å². The zero-order valence-electron chi connectivity index (χ0n) is 15.5. The lowest BCUT2D eigenvalue weighted by Gasteiger charge is -2.33. The second-order valence-corrected chi connectivity index (χ2v) is 8.55. The van der Waals surface area contributed by atoms with Gasteiger partial charge in [0, 0.05) is 65.2 Å². The van der Waals surface area contributed by atoms with Crippen LogP contribution in [0.1, 0.15) is 0 Å². The third-order valence-corrected chi connectivity index (χ3v) is 5.71. The van der Waals surface area contributed by atoms with Gasteiger partial charge in [-0.05, 0) is 0 Å². The predicted molar refractivity (Wildman–Crippen MR) is 104 cm³/mol. The molecular weight excluding hydrogens is 398 g/mol. The summed E-state index contributed by atoms with van der Waals surface area (Å²) >= 11 is 0. The minimum absolute atomic E-state index is 0.133. The number of nitrogens with zero attached hydrogens (tertiary/aromatic N) is 4. The molecule has 1 unspecified atom stereocenters. The van der Waals surface area contributed by atoms with Crippen LogP contribution in [0.2, 0.25) is 0 Å². The SMILES string of the molecule is O=C(O)CN1CCN(CCOO)CCN(CP)CCN(CP(=O)(O)O)CC1. The fourth-order valence-electron chi connectivity index (χ4n) is 2.91. The maximum absolute atomic E-state index is 11.4. The van der Waals surface area contributed by atoms with Gasteiger partial charge in [0.25, 0.3) is 0 Å². The lowest BCUT2D eigenvalue weighted by molar-refractivity contribution is -0.244. The third kappa shape index (κ3) is 12.1. The average molecular weight is 430 g/mol. The normalized spacial score (nSPS) is 20.9. The molecule has 1 rings (SSSR count). The molecule has 1 atom stereocenters. The van der Waals surface area contributed by atoms with Gasteiger partial charge in [0.1, 0.15) is 6.29 Å². The minimum Gasteiger partial charge on any atom is -0.480 e. The van der Waals surface area contributed by atoms with Crippen LogP contribution < -0.4 is 0 Å². The van der Waals surface area contributed by atoms with Crippen molar-refractivity contribution in [2.24, 2.45) is 0 Å². The standard InChI is InChI=1S/C14H32N4O7P2/c19-14(20)11-16-3-1-15(9-10-25-21)2-5-17(12-26)6-8-18(7-4-16)13-27(22,23)24/h21H,1-13,26H2,(H,19,20)(H2,22,23,24). The smallest absolute Gasteiger partial charge is 0.339 e. The van der Waals surface area contributed by atoms with E-state index in [4.69, 9.17) is 10.4 Å². The fraction of sp³-hybridized carbons (Fsp3) is 0.929. The van der Waals surface area contributed by atoms with E-state index in [2.05, 4.69) is 23.9 Å². The van der Waals surface area contributed by atoms with E-state index in [1.165, 1.54) is 0 Å². The van der Waals surface area contributed by atoms with Gasteiger partial charge in [0.05, 0.1) is 13.2 Å². The van der Waals surface area contributed by atoms with Crippen LogP contribution >= 0.6 is 16.8 Å². The first kappa shape index (κ1) is 24.8. The molecule has 13 heteroatoms. The van der Waals surface area contributed by atoms with Crippen molar-refractivity contribution in [1.29, 1.82) is 0 Å². The summed E-state index contributed by atoms with van der Waals surface area (Å²) in [6, 6.07) is 0. The second kappa shape index (κ2) is 13.1. The Hall–Kier alpha value is -0.190. The highest BCUT2D eigenvalue weighted by Crippen LogP contribution is 2.34. The first-order valence-electron chi connectivity index (χ1n) is 8.85. The molecule has 1 fully saturated rings. The monoisotopic (exact) mass is 430 g/mol. The molecule has 0 spiro atoms. The Morgan fingerprint density at radius 3 is 1.85 bits per heavy atom. The second-order valence-electron chi connectivity index (χ2n) is 6.57. The van der Waals surface area contributed by atoms with Crippen molar-refractivity contribution < 1.29 is 34.4 Å². The zero-order chi connectivity index (χ0) is 20.3. The third-order valence-electron chi connectivity index (χ3n) is 4.43. The van der Waals surface area contributed by atoms with Crippen molar-refractivity contribution in [2.75, 3.05) is 84.6 Å². The summed E-state index contributed by atoms with van der Waals surface area (Å²) in [4.78, 5) is 41.7. The van der Waals surface area contributed by atoms with Crippen LogP contribution in [-0.4, -0.2) is 130 Å². The quantitative estimate of drug-likeness (QED) is 0.209. The van der Waals surface area contributed by atoms with Crippen LogP contribution in [0.15, 0.2) is 0 Å². The summed E-state index contributed by atoms with van der Waals surface area (Å²) in [5.41, 5.74) is 0. The summed E-state index contributed by atoms with van der Waals surface area (Å²) in [6.45, 7) is 5.07. The van der Waals surface area contributed by atoms with Gasteiger partial charge in [-0.1, -0.05) is 0 Å². The molecule has 0 aromatic rings. The fourth-order valence-corrected chi connectivity index (χ4v) is 4.08. The molecule has 11 nitrogen and oxygen atoms in total. The van der Waals surface area contributed by atoms with E-state index in [9.17, 15) is 19.1 Å². The molecule has 4 N–H and O–H groups in total. The topological polar surface area (TPSA) is 137 Å². The lowest BCUT2D eigenvalue weighted by atomic mass is 10.3. The first-order valence-corrected chi connectivity index (χ1v) is 11.5. The average Bonchev–Trinajstić information content (AvgIpc) is 2.57. The lowest BCUT2D eigenvalue weighted by Crippen LogP contribution is -2.47. The van der Waals surface area contributed by atoms with E-state index in [-0.39, 0.29) is 19.4 Å². The van der Waals surface area contributed by atoms with Crippen molar-refractivity contribution in [3.8, 4) is 0 Å².